The van der Waals surface area contributed by atoms with Gasteiger partial charge in [0.25, 0.3) is 0 Å². The summed E-state index contributed by atoms with van der Waals surface area (Å²) < 4.78 is 11.0. The maximum Gasteiger partial charge on any atom is 0.380 e. The summed E-state index contributed by atoms with van der Waals surface area (Å²) >= 11 is 0. The van der Waals surface area contributed by atoms with Gasteiger partial charge in [-0.15, -0.1) is 0 Å². The van der Waals surface area contributed by atoms with Crippen molar-refractivity contribution in [1.82, 2.24) is 0 Å². The number of phenolic OH excluding ortho intramolecular Hbond substituents is 1. The molecule has 116 valence electrons. The molecule has 4 rings (SSSR count). The van der Waals surface area contributed by atoms with Crippen LogP contribution >= 0.6 is 0 Å². The van der Waals surface area contributed by atoms with Crippen molar-refractivity contribution >= 4 is 32.9 Å². The average Bonchev–Trinajstić information content (AvgIpc) is 2.89. The monoisotopic (exact) mass is 308 g/mol. The first-order valence-electron chi connectivity index (χ1n) is 7.64. The standard InChI is InChI=1S/C19H16O4/c1-10(2)7-11-8-13-16(9-14(11)20)23-19(21)18-17(13)12-5-3-4-6-15(12)22-18/h3-6,8-10,20H,7H2,1-2H3. The summed E-state index contributed by atoms with van der Waals surface area (Å²) in [6.07, 6.45) is 0.748. The third-order valence-corrected chi connectivity index (χ3v) is 4.06. The molecule has 4 heteroatoms. The zero-order valence-electron chi connectivity index (χ0n) is 12.9. The van der Waals surface area contributed by atoms with Gasteiger partial charge in [-0.05, 0) is 30.0 Å². The number of furan rings is 1. The Morgan fingerprint density at radius 2 is 1.83 bits per heavy atom. The normalized spacial score (nSPS) is 12.0. The van der Waals surface area contributed by atoms with Crippen molar-refractivity contribution in [3.8, 4) is 5.75 Å². The lowest BCUT2D eigenvalue weighted by Crippen LogP contribution is -1.99. The minimum absolute atomic E-state index is 0.154. The third kappa shape index (κ3) is 2.10. The van der Waals surface area contributed by atoms with Crippen molar-refractivity contribution in [2.45, 2.75) is 20.3 Å². The van der Waals surface area contributed by atoms with E-state index in [9.17, 15) is 9.90 Å². The Labute approximate surface area is 131 Å². The van der Waals surface area contributed by atoms with Crippen molar-refractivity contribution in [3.63, 3.8) is 0 Å². The zero-order chi connectivity index (χ0) is 16.1. The number of para-hydroxylation sites is 1. The Morgan fingerprint density at radius 3 is 2.61 bits per heavy atom. The highest BCUT2D eigenvalue weighted by molar-refractivity contribution is 6.17. The van der Waals surface area contributed by atoms with Crippen molar-refractivity contribution in [2.75, 3.05) is 0 Å². The van der Waals surface area contributed by atoms with Crippen LogP contribution in [0.15, 0.2) is 50.0 Å². The Morgan fingerprint density at radius 1 is 1.04 bits per heavy atom. The Hall–Kier alpha value is -2.75. The van der Waals surface area contributed by atoms with Gasteiger partial charge in [0, 0.05) is 22.2 Å². The molecule has 4 aromatic rings. The molecule has 0 saturated carbocycles. The lowest BCUT2D eigenvalue weighted by atomic mass is 9.99. The van der Waals surface area contributed by atoms with Gasteiger partial charge in [0.05, 0.1) is 0 Å². The smallest absolute Gasteiger partial charge is 0.380 e. The number of rotatable bonds is 2. The number of aromatic hydroxyl groups is 1. The highest BCUT2D eigenvalue weighted by Crippen LogP contribution is 2.35. The molecule has 2 aromatic heterocycles. The second-order valence-electron chi connectivity index (χ2n) is 6.27. The molecule has 0 amide bonds. The first-order valence-corrected chi connectivity index (χ1v) is 7.64. The fourth-order valence-electron chi connectivity index (χ4n) is 3.10. The molecule has 0 saturated heterocycles. The van der Waals surface area contributed by atoms with E-state index in [0.717, 1.165) is 28.1 Å². The molecule has 0 fully saturated rings. The molecule has 0 unspecified atom stereocenters. The summed E-state index contributed by atoms with van der Waals surface area (Å²) in [7, 11) is 0. The highest BCUT2D eigenvalue weighted by atomic mass is 16.4. The fourth-order valence-corrected chi connectivity index (χ4v) is 3.10. The van der Waals surface area contributed by atoms with Crippen LogP contribution in [-0.2, 0) is 6.42 Å². The SMILES string of the molecule is CC(C)Cc1cc2c(cc1O)oc(=O)c1oc3ccccc3c12. The number of benzene rings is 2. The molecule has 0 spiro atoms. The summed E-state index contributed by atoms with van der Waals surface area (Å²) in [6, 6.07) is 11.0. The van der Waals surface area contributed by atoms with Gasteiger partial charge >= 0.3 is 5.63 Å². The van der Waals surface area contributed by atoms with Crippen LogP contribution in [0.3, 0.4) is 0 Å². The summed E-state index contributed by atoms with van der Waals surface area (Å²) in [5.41, 5.74) is 1.56. The largest absolute Gasteiger partial charge is 0.508 e. The Bertz CT molecular complexity index is 1100. The van der Waals surface area contributed by atoms with Crippen LogP contribution in [0.5, 0.6) is 5.75 Å². The molecule has 0 atom stereocenters. The quantitative estimate of drug-likeness (QED) is 0.550. The average molecular weight is 308 g/mol. The Balaban J connectivity index is 2.19. The number of hydrogen-bond acceptors (Lipinski definition) is 4. The summed E-state index contributed by atoms with van der Waals surface area (Å²) in [5.74, 6) is 0.562. The van der Waals surface area contributed by atoms with E-state index in [2.05, 4.69) is 13.8 Å². The molecule has 0 aliphatic rings. The van der Waals surface area contributed by atoms with Crippen LogP contribution in [0, 0.1) is 5.92 Å². The minimum Gasteiger partial charge on any atom is -0.508 e. The molecule has 4 nitrogen and oxygen atoms in total. The van der Waals surface area contributed by atoms with Gasteiger partial charge in [-0.1, -0.05) is 32.0 Å². The van der Waals surface area contributed by atoms with E-state index in [1.807, 2.05) is 30.3 Å². The van der Waals surface area contributed by atoms with Crippen LogP contribution < -0.4 is 5.63 Å². The molecule has 0 aliphatic heterocycles. The second-order valence-corrected chi connectivity index (χ2v) is 6.27. The third-order valence-electron chi connectivity index (χ3n) is 4.06. The van der Waals surface area contributed by atoms with Crippen LogP contribution in [0.1, 0.15) is 19.4 Å². The molecule has 0 bridgehead atoms. The van der Waals surface area contributed by atoms with Gasteiger partial charge < -0.3 is 13.9 Å². The van der Waals surface area contributed by atoms with Crippen molar-refractivity contribution in [1.29, 1.82) is 0 Å². The summed E-state index contributed by atoms with van der Waals surface area (Å²) in [4.78, 5) is 12.2. The predicted molar refractivity (Wildman–Crippen MR) is 90.0 cm³/mol. The fraction of sp³-hybridized carbons (Fsp3) is 0.211. The van der Waals surface area contributed by atoms with Gasteiger partial charge in [-0.25, -0.2) is 4.79 Å². The highest BCUT2D eigenvalue weighted by Gasteiger charge is 2.17. The maximum atomic E-state index is 12.2. The first kappa shape index (κ1) is 13.9. The molecule has 0 aliphatic carbocycles. The number of hydrogen-bond donors (Lipinski definition) is 1. The zero-order valence-corrected chi connectivity index (χ0v) is 12.9. The van der Waals surface area contributed by atoms with Crippen LogP contribution in [-0.4, -0.2) is 5.11 Å². The molecule has 2 aromatic carbocycles. The lowest BCUT2D eigenvalue weighted by Gasteiger charge is -2.09. The summed E-state index contributed by atoms with van der Waals surface area (Å²) in [5, 5.41) is 12.6. The lowest BCUT2D eigenvalue weighted by molar-refractivity contribution is 0.460. The van der Waals surface area contributed by atoms with Gasteiger partial charge in [-0.2, -0.15) is 0 Å². The topological polar surface area (TPSA) is 63.6 Å². The van der Waals surface area contributed by atoms with Crippen molar-refractivity contribution < 1.29 is 13.9 Å². The minimum atomic E-state index is -0.528. The molecule has 0 radical (unpaired) electrons. The van der Waals surface area contributed by atoms with Gasteiger partial charge in [0.1, 0.15) is 16.9 Å². The van der Waals surface area contributed by atoms with Gasteiger partial charge in [-0.3, -0.25) is 0 Å². The first-order chi connectivity index (χ1) is 11.0. The van der Waals surface area contributed by atoms with E-state index >= 15 is 0 Å². The molecular formula is C19H16O4. The predicted octanol–water partition coefficient (Wildman–Crippen LogP) is 4.60. The molecule has 2 heterocycles. The van der Waals surface area contributed by atoms with E-state index in [4.69, 9.17) is 8.83 Å². The van der Waals surface area contributed by atoms with Crippen LogP contribution in [0.2, 0.25) is 0 Å². The van der Waals surface area contributed by atoms with Crippen molar-refractivity contribution in [2.24, 2.45) is 5.92 Å². The van der Waals surface area contributed by atoms with E-state index in [-0.39, 0.29) is 11.3 Å². The van der Waals surface area contributed by atoms with E-state index in [1.54, 1.807) is 0 Å². The number of fused-ring (bicyclic) bond motifs is 5. The maximum absolute atomic E-state index is 12.2. The molecular weight excluding hydrogens is 292 g/mol. The van der Waals surface area contributed by atoms with Crippen molar-refractivity contribution in [3.05, 3.63) is 52.4 Å². The van der Waals surface area contributed by atoms with Gasteiger partial charge in [0.15, 0.2) is 0 Å². The van der Waals surface area contributed by atoms with Gasteiger partial charge in [0.2, 0.25) is 5.58 Å². The van der Waals surface area contributed by atoms with Crippen LogP contribution in [0.25, 0.3) is 32.9 Å². The Kier molecular flexibility index (Phi) is 2.94. The van der Waals surface area contributed by atoms with E-state index < -0.39 is 5.63 Å². The molecule has 1 N–H and O–H groups in total. The summed E-state index contributed by atoms with van der Waals surface area (Å²) in [6.45, 7) is 4.19. The van der Waals surface area contributed by atoms with E-state index in [0.29, 0.717) is 17.1 Å². The molecule has 23 heavy (non-hydrogen) atoms. The van der Waals surface area contributed by atoms with E-state index in [1.165, 1.54) is 6.07 Å². The van der Waals surface area contributed by atoms with Crippen LogP contribution in [0.4, 0.5) is 0 Å². The second kappa shape index (κ2) is 4.88. The number of phenols is 1.